The first-order valence-electron chi connectivity index (χ1n) is 8.67. The van der Waals surface area contributed by atoms with Gasteiger partial charge in [0.15, 0.2) is 7.14 Å². The lowest BCUT2D eigenvalue weighted by Gasteiger charge is -2.23. The molecule has 0 radical (unpaired) electrons. The molecule has 25 heavy (non-hydrogen) atoms. The summed E-state index contributed by atoms with van der Waals surface area (Å²) >= 11 is 0. The second-order valence-corrected chi connectivity index (χ2v) is 14.3. The van der Waals surface area contributed by atoms with Gasteiger partial charge >= 0.3 is 0 Å². The Balaban J connectivity index is 1.95. The Morgan fingerprint density at radius 2 is 1.32 bits per heavy atom. The zero-order valence-electron chi connectivity index (χ0n) is 14.4. The number of fused-ring (bicyclic) bond motifs is 4. The summed E-state index contributed by atoms with van der Waals surface area (Å²) in [6, 6.07) is 27.0. The van der Waals surface area contributed by atoms with E-state index >= 15 is 0 Å². The normalized spacial score (nSPS) is 22.5. The highest BCUT2D eigenvalue weighted by Gasteiger charge is 2.52. The quantitative estimate of drug-likeness (QED) is 0.467. The van der Waals surface area contributed by atoms with Crippen molar-refractivity contribution in [1.82, 2.24) is 0 Å². The van der Waals surface area contributed by atoms with Crippen LogP contribution in [0, 0.1) is 0 Å². The van der Waals surface area contributed by atoms with Gasteiger partial charge in [0.25, 0.3) is 0 Å². The maximum Gasteiger partial charge on any atom is 0.172 e. The van der Waals surface area contributed by atoms with Gasteiger partial charge in [0.1, 0.15) is 8.07 Å². The lowest BCUT2D eigenvalue weighted by atomic mass is 10.1. The molecule has 1 atom stereocenters. The van der Waals surface area contributed by atoms with E-state index in [2.05, 4.69) is 55.6 Å². The number of rotatable bonds is 1. The van der Waals surface area contributed by atoms with Gasteiger partial charge in [-0.2, -0.15) is 0 Å². The SMILES string of the molecule is C[Si]1(C)C2=C(c3ccccc31)P(=O)(c1ccccc1)c1ccccc12. The highest BCUT2D eigenvalue weighted by Crippen LogP contribution is 2.67. The topological polar surface area (TPSA) is 17.1 Å². The highest BCUT2D eigenvalue weighted by atomic mass is 31.2. The fourth-order valence-electron chi connectivity index (χ4n) is 4.58. The van der Waals surface area contributed by atoms with Crippen molar-refractivity contribution in [2.75, 3.05) is 0 Å². The van der Waals surface area contributed by atoms with Crippen molar-refractivity contribution < 1.29 is 4.57 Å². The van der Waals surface area contributed by atoms with Gasteiger partial charge < -0.3 is 4.57 Å². The maximum atomic E-state index is 14.7. The Morgan fingerprint density at radius 1 is 0.720 bits per heavy atom. The summed E-state index contributed by atoms with van der Waals surface area (Å²) in [5.74, 6) is 0. The van der Waals surface area contributed by atoms with Crippen LogP contribution < -0.4 is 15.8 Å². The van der Waals surface area contributed by atoms with Gasteiger partial charge in [0.05, 0.1) is 0 Å². The molecule has 1 unspecified atom stereocenters. The van der Waals surface area contributed by atoms with Gasteiger partial charge in [0, 0.05) is 15.9 Å². The molecular weight excluding hydrogens is 339 g/mol. The number of hydrogen-bond acceptors (Lipinski definition) is 1. The van der Waals surface area contributed by atoms with Crippen molar-refractivity contribution in [2.45, 2.75) is 13.1 Å². The minimum Gasteiger partial charge on any atom is -0.309 e. The van der Waals surface area contributed by atoms with E-state index in [9.17, 15) is 4.57 Å². The fraction of sp³-hybridized carbons (Fsp3) is 0.0909. The molecule has 0 bridgehead atoms. The Bertz CT molecular complexity index is 1100. The van der Waals surface area contributed by atoms with E-state index in [-0.39, 0.29) is 0 Å². The summed E-state index contributed by atoms with van der Waals surface area (Å²) in [5, 5.41) is 5.91. The predicted molar refractivity (Wildman–Crippen MR) is 110 cm³/mol. The Labute approximate surface area is 149 Å². The van der Waals surface area contributed by atoms with Gasteiger partial charge in [-0.15, -0.1) is 0 Å². The lowest BCUT2D eigenvalue weighted by molar-refractivity contribution is 0.593. The van der Waals surface area contributed by atoms with E-state index in [1.807, 2.05) is 36.4 Å². The van der Waals surface area contributed by atoms with Crippen molar-refractivity contribution in [3.8, 4) is 0 Å². The van der Waals surface area contributed by atoms with Crippen molar-refractivity contribution in [3.63, 3.8) is 0 Å². The maximum absolute atomic E-state index is 14.7. The van der Waals surface area contributed by atoms with Crippen LogP contribution in [0.5, 0.6) is 0 Å². The zero-order valence-corrected chi connectivity index (χ0v) is 16.3. The van der Waals surface area contributed by atoms with Crippen LogP contribution >= 0.6 is 7.14 Å². The molecule has 5 rings (SSSR count). The molecular formula is C22H19OPSi. The first-order chi connectivity index (χ1) is 12.1. The molecule has 2 aliphatic rings. The van der Waals surface area contributed by atoms with E-state index < -0.39 is 15.2 Å². The third-order valence-corrected chi connectivity index (χ3v) is 12.6. The van der Waals surface area contributed by atoms with Crippen LogP contribution in [-0.4, -0.2) is 8.07 Å². The van der Waals surface area contributed by atoms with E-state index in [4.69, 9.17) is 0 Å². The molecule has 122 valence electrons. The van der Waals surface area contributed by atoms with Crippen LogP contribution in [0.3, 0.4) is 0 Å². The second kappa shape index (κ2) is 4.94. The van der Waals surface area contributed by atoms with Gasteiger partial charge in [0.2, 0.25) is 0 Å². The van der Waals surface area contributed by atoms with Gasteiger partial charge in [-0.3, -0.25) is 0 Å². The molecule has 0 saturated carbocycles. The summed E-state index contributed by atoms with van der Waals surface area (Å²) in [7, 11) is -4.67. The first-order valence-corrected chi connectivity index (χ1v) is 13.4. The van der Waals surface area contributed by atoms with E-state index in [0.29, 0.717) is 0 Å². The van der Waals surface area contributed by atoms with Crippen LogP contribution in [0.2, 0.25) is 13.1 Å². The molecule has 0 saturated heterocycles. The van der Waals surface area contributed by atoms with Gasteiger partial charge in [-0.1, -0.05) is 92.0 Å². The first kappa shape index (κ1) is 15.1. The lowest BCUT2D eigenvalue weighted by Crippen LogP contribution is -2.41. The molecule has 0 fully saturated rings. The fourth-order valence-corrected chi connectivity index (χ4v) is 12.5. The Hall–Kier alpha value is -2.15. The third-order valence-electron chi connectivity index (χ3n) is 5.66. The Morgan fingerprint density at radius 3 is 2.08 bits per heavy atom. The van der Waals surface area contributed by atoms with Crippen molar-refractivity contribution in [3.05, 3.63) is 90.0 Å². The summed E-state index contributed by atoms with van der Waals surface area (Å²) in [4.78, 5) is 0. The highest BCUT2D eigenvalue weighted by molar-refractivity contribution is 7.89. The standard InChI is InChI=1S/C22H19OPSi/c1-25(2)20-15-9-7-13-18(20)21-22(25)17-12-6-8-14-19(17)24(21,23)16-10-4-3-5-11-16/h3-15H,1-2H3. The van der Waals surface area contributed by atoms with E-state index in [1.165, 1.54) is 21.5 Å². The van der Waals surface area contributed by atoms with Gasteiger partial charge in [-0.05, 0) is 21.5 Å². The molecule has 0 aliphatic carbocycles. The van der Waals surface area contributed by atoms with Crippen molar-refractivity contribution in [1.29, 1.82) is 0 Å². The average Bonchev–Trinajstić information content (AvgIpc) is 3.07. The summed E-state index contributed by atoms with van der Waals surface area (Å²) in [6.45, 7) is 4.79. The summed E-state index contributed by atoms with van der Waals surface area (Å²) in [5.41, 5.74) is 2.44. The third kappa shape index (κ3) is 1.76. The minimum absolute atomic E-state index is 0.953. The predicted octanol–water partition coefficient (Wildman–Crippen LogP) is 4.35. The van der Waals surface area contributed by atoms with Crippen LogP contribution in [0.25, 0.3) is 10.5 Å². The second-order valence-electron chi connectivity index (χ2n) is 7.36. The molecule has 0 amide bonds. The van der Waals surface area contributed by atoms with E-state index in [0.717, 1.165) is 15.9 Å². The number of benzene rings is 3. The van der Waals surface area contributed by atoms with E-state index in [1.54, 1.807) is 0 Å². The summed E-state index contributed by atoms with van der Waals surface area (Å²) in [6.07, 6.45) is 0. The van der Waals surface area contributed by atoms with Crippen LogP contribution in [0.1, 0.15) is 11.1 Å². The Kier molecular flexibility index (Phi) is 2.99. The summed E-state index contributed by atoms with van der Waals surface area (Å²) < 4.78 is 14.7. The average molecular weight is 358 g/mol. The molecule has 0 aromatic heterocycles. The molecule has 2 heterocycles. The van der Waals surface area contributed by atoms with Crippen LogP contribution in [0.15, 0.2) is 78.9 Å². The van der Waals surface area contributed by atoms with Crippen molar-refractivity contribution in [2.24, 2.45) is 0 Å². The zero-order chi connectivity index (χ0) is 17.2. The molecule has 2 aliphatic heterocycles. The van der Waals surface area contributed by atoms with Gasteiger partial charge in [-0.25, -0.2) is 0 Å². The minimum atomic E-state index is -2.81. The van der Waals surface area contributed by atoms with Crippen molar-refractivity contribution >= 4 is 41.5 Å². The van der Waals surface area contributed by atoms with Crippen LogP contribution in [-0.2, 0) is 4.57 Å². The molecule has 0 N–H and O–H groups in total. The molecule has 3 aromatic rings. The molecule has 0 spiro atoms. The number of hydrogen-bond donors (Lipinski definition) is 0. The smallest absolute Gasteiger partial charge is 0.172 e. The molecule has 1 nitrogen and oxygen atoms in total. The monoisotopic (exact) mass is 358 g/mol. The molecule has 3 aromatic carbocycles. The molecule has 3 heteroatoms. The largest absolute Gasteiger partial charge is 0.309 e. The van der Waals surface area contributed by atoms with Crippen LogP contribution in [0.4, 0.5) is 0 Å².